The second-order valence-electron chi connectivity index (χ2n) is 8.29. The number of anilines is 1. The van der Waals surface area contributed by atoms with E-state index in [0.717, 1.165) is 36.6 Å². The Morgan fingerprint density at radius 1 is 1.14 bits per heavy atom. The van der Waals surface area contributed by atoms with Crippen molar-refractivity contribution in [1.82, 2.24) is 0 Å². The van der Waals surface area contributed by atoms with Crippen LogP contribution >= 0.6 is 0 Å². The van der Waals surface area contributed by atoms with E-state index in [9.17, 15) is 14.0 Å². The van der Waals surface area contributed by atoms with Gasteiger partial charge in [0.1, 0.15) is 17.5 Å². The van der Waals surface area contributed by atoms with Crippen molar-refractivity contribution < 1.29 is 18.7 Å². The summed E-state index contributed by atoms with van der Waals surface area (Å²) in [5.74, 6) is -1.74. The average Bonchev–Trinajstić information content (AvgIpc) is 2.88. The van der Waals surface area contributed by atoms with Gasteiger partial charge in [0.05, 0.1) is 5.56 Å². The minimum atomic E-state index is -1.12. The molecule has 1 amide bonds. The minimum absolute atomic E-state index is 0.0400. The SMILES string of the molecule is CC(C)(C)OC(=O)C(N)c1ccc(C(=O)N2CCCCc3ccccc32)c(F)c1. The largest absolute Gasteiger partial charge is 0.459 e. The zero-order valence-corrected chi connectivity index (χ0v) is 17.1. The smallest absolute Gasteiger partial charge is 0.328 e. The Morgan fingerprint density at radius 2 is 1.86 bits per heavy atom. The minimum Gasteiger partial charge on any atom is -0.459 e. The Bertz CT molecular complexity index is 921. The van der Waals surface area contributed by atoms with Crippen LogP contribution in [0.5, 0.6) is 0 Å². The molecule has 0 bridgehead atoms. The van der Waals surface area contributed by atoms with E-state index >= 15 is 0 Å². The van der Waals surface area contributed by atoms with Crippen LogP contribution in [0.1, 0.15) is 61.1 Å². The average molecular weight is 398 g/mol. The number of para-hydroxylation sites is 1. The van der Waals surface area contributed by atoms with Gasteiger partial charge in [-0.3, -0.25) is 4.79 Å². The maximum absolute atomic E-state index is 14.8. The van der Waals surface area contributed by atoms with E-state index in [2.05, 4.69) is 0 Å². The highest BCUT2D eigenvalue weighted by Gasteiger charge is 2.27. The summed E-state index contributed by atoms with van der Waals surface area (Å²) in [6.45, 7) is 5.74. The Balaban J connectivity index is 1.85. The number of aryl methyl sites for hydroxylation is 1. The highest BCUT2D eigenvalue weighted by molar-refractivity contribution is 6.06. The second kappa shape index (κ2) is 8.33. The van der Waals surface area contributed by atoms with Gasteiger partial charge in [0.25, 0.3) is 5.91 Å². The molecule has 2 aromatic rings. The lowest BCUT2D eigenvalue weighted by molar-refractivity contribution is -0.156. The molecule has 1 atom stereocenters. The lowest BCUT2D eigenvalue weighted by Crippen LogP contribution is -2.33. The van der Waals surface area contributed by atoms with Gasteiger partial charge >= 0.3 is 5.97 Å². The summed E-state index contributed by atoms with van der Waals surface area (Å²) in [7, 11) is 0. The standard InChI is InChI=1S/C23H27FN2O3/c1-23(2,3)29-22(28)20(25)16-11-12-17(18(24)14-16)21(27)26-13-7-6-9-15-8-4-5-10-19(15)26/h4-5,8,10-12,14,20H,6-7,9,13,25H2,1-3H3. The summed E-state index contributed by atoms with van der Waals surface area (Å²) in [5, 5.41) is 0. The number of hydrogen-bond donors (Lipinski definition) is 1. The number of nitrogens with zero attached hydrogens (tertiary/aromatic N) is 1. The zero-order chi connectivity index (χ0) is 21.2. The first-order chi connectivity index (χ1) is 13.7. The van der Waals surface area contributed by atoms with Crippen molar-refractivity contribution in [2.45, 2.75) is 51.7 Å². The van der Waals surface area contributed by atoms with Gasteiger partial charge in [0.15, 0.2) is 0 Å². The molecule has 6 heteroatoms. The molecule has 154 valence electrons. The van der Waals surface area contributed by atoms with E-state index in [0.29, 0.717) is 6.54 Å². The summed E-state index contributed by atoms with van der Waals surface area (Å²) >= 11 is 0. The Labute approximate surface area is 170 Å². The molecule has 0 radical (unpaired) electrons. The van der Waals surface area contributed by atoms with Crippen LogP contribution in [-0.2, 0) is 16.0 Å². The van der Waals surface area contributed by atoms with Crippen molar-refractivity contribution in [3.63, 3.8) is 0 Å². The fourth-order valence-corrected chi connectivity index (χ4v) is 3.45. The van der Waals surface area contributed by atoms with Gasteiger partial charge < -0.3 is 15.4 Å². The Hall–Kier alpha value is -2.73. The van der Waals surface area contributed by atoms with Gasteiger partial charge in [-0.25, -0.2) is 9.18 Å². The number of nitrogens with two attached hydrogens (primary N) is 1. The number of fused-ring (bicyclic) bond motifs is 1. The molecule has 0 fully saturated rings. The third kappa shape index (κ3) is 4.82. The summed E-state index contributed by atoms with van der Waals surface area (Å²) in [5.41, 5.74) is 7.38. The number of halogens is 1. The molecule has 0 aromatic heterocycles. The number of amides is 1. The lowest BCUT2D eigenvalue weighted by atomic mass is 10.0. The summed E-state index contributed by atoms with van der Waals surface area (Å²) in [4.78, 5) is 26.9. The van der Waals surface area contributed by atoms with Crippen LogP contribution in [0.15, 0.2) is 42.5 Å². The summed E-state index contributed by atoms with van der Waals surface area (Å²) in [6, 6.07) is 10.6. The third-order valence-electron chi connectivity index (χ3n) is 4.85. The highest BCUT2D eigenvalue weighted by atomic mass is 19.1. The van der Waals surface area contributed by atoms with Crippen LogP contribution in [0, 0.1) is 5.82 Å². The van der Waals surface area contributed by atoms with Crippen LogP contribution < -0.4 is 10.6 Å². The van der Waals surface area contributed by atoms with Crippen molar-refractivity contribution in [1.29, 1.82) is 0 Å². The molecule has 0 aliphatic carbocycles. The van der Waals surface area contributed by atoms with Gasteiger partial charge in [-0.05, 0) is 69.4 Å². The molecule has 29 heavy (non-hydrogen) atoms. The van der Waals surface area contributed by atoms with Crippen LogP contribution in [0.25, 0.3) is 0 Å². The molecule has 0 spiro atoms. The van der Waals surface area contributed by atoms with E-state index in [1.165, 1.54) is 12.1 Å². The van der Waals surface area contributed by atoms with E-state index in [1.54, 1.807) is 25.7 Å². The van der Waals surface area contributed by atoms with Crippen LogP contribution in [0.4, 0.5) is 10.1 Å². The van der Waals surface area contributed by atoms with Gasteiger partial charge in [-0.15, -0.1) is 0 Å². The number of carbonyl (C=O) groups excluding carboxylic acids is 2. The molecule has 2 N–H and O–H groups in total. The summed E-state index contributed by atoms with van der Waals surface area (Å²) < 4.78 is 20.1. The van der Waals surface area contributed by atoms with Crippen molar-refractivity contribution >= 4 is 17.6 Å². The molecule has 3 rings (SSSR count). The molecule has 1 aliphatic heterocycles. The fraction of sp³-hybridized carbons (Fsp3) is 0.391. The third-order valence-corrected chi connectivity index (χ3v) is 4.85. The van der Waals surface area contributed by atoms with E-state index in [1.807, 2.05) is 24.3 Å². The van der Waals surface area contributed by atoms with E-state index < -0.39 is 29.3 Å². The molecular weight excluding hydrogens is 371 g/mol. The lowest BCUT2D eigenvalue weighted by Gasteiger charge is -2.24. The number of ether oxygens (including phenoxy) is 1. The maximum Gasteiger partial charge on any atom is 0.328 e. The van der Waals surface area contributed by atoms with Gasteiger partial charge in [0.2, 0.25) is 0 Å². The van der Waals surface area contributed by atoms with Crippen molar-refractivity contribution in [3.8, 4) is 0 Å². The van der Waals surface area contributed by atoms with Crippen LogP contribution in [0.3, 0.4) is 0 Å². The van der Waals surface area contributed by atoms with E-state index in [4.69, 9.17) is 10.5 Å². The number of esters is 1. The van der Waals surface area contributed by atoms with Crippen LogP contribution in [0.2, 0.25) is 0 Å². The number of rotatable bonds is 3. The van der Waals surface area contributed by atoms with Crippen LogP contribution in [-0.4, -0.2) is 24.0 Å². The quantitative estimate of drug-likeness (QED) is 0.789. The van der Waals surface area contributed by atoms with E-state index in [-0.39, 0.29) is 11.1 Å². The van der Waals surface area contributed by atoms with Crippen molar-refractivity contribution in [2.75, 3.05) is 11.4 Å². The molecular formula is C23H27FN2O3. The first-order valence-corrected chi connectivity index (χ1v) is 9.85. The Morgan fingerprint density at radius 3 is 2.55 bits per heavy atom. The predicted octanol–water partition coefficient (Wildman–Crippen LogP) is 4.15. The second-order valence-corrected chi connectivity index (χ2v) is 8.29. The normalized spacial score (nSPS) is 15.3. The van der Waals surface area contributed by atoms with Crippen molar-refractivity contribution in [2.24, 2.45) is 5.73 Å². The molecule has 5 nitrogen and oxygen atoms in total. The number of benzene rings is 2. The summed E-state index contributed by atoms with van der Waals surface area (Å²) in [6.07, 6.45) is 2.72. The first-order valence-electron chi connectivity index (χ1n) is 9.85. The molecule has 0 saturated carbocycles. The molecule has 0 saturated heterocycles. The van der Waals surface area contributed by atoms with Gasteiger partial charge in [-0.1, -0.05) is 24.3 Å². The highest BCUT2D eigenvalue weighted by Crippen LogP contribution is 2.28. The first kappa shape index (κ1) is 21.0. The zero-order valence-electron chi connectivity index (χ0n) is 17.1. The van der Waals surface area contributed by atoms with Gasteiger partial charge in [0, 0.05) is 12.2 Å². The molecule has 1 unspecified atom stereocenters. The molecule has 1 aliphatic rings. The molecule has 1 heterocycles. The van der Waals surface area contributed by atoms with Gasteiger partial charge in [-0.2, -0.15) is 0 Å². The fourth-order valence-electron chi connectivity index (χ4n) is 3.45. The maximum atomic E-state index is 14.8. The topological polar surface area (TPSA) is 72.6 Å². The monoisotopic (exact) mass is 398 g/mol. The predicted molar refractivity (Wildman–Crippen MR) is 110 cm³/mol. The molecule has 2 aromatic carbocycles. The Kier molecular flexibility index (Phi) is 6.03. The van der Waals surface area contributed by atoms with Crippen molar-refractivity contribution in [3.05, 3.63) is 65.0 Å². The number of hydrogen-bond acceptors (Lipinski definition) is 4. The number of carbonyl (C=O) groups is 2.